The fraction of sp³-hybridized carbons (Fsp3) is 0.600. The van der Waals surface area contributed by atoms with Crippen LogP contribution in [0.5, 0.6) is 0 Å². The molecule has 0 aromatic carbocycles. The molecule has 1 amide bonds. The first-order chi connectivity index (χ1) is 10.3. The Kier molecular flexibility index (Phi) is 9.48. The van der Waals surface area contributed by atoms with Crippen LogP contribution in [0.15, 0.2) is 22.5 Å². The first-order valence-electron chi connectivity index (χ1n) is 7.29. The maximum atomic E-state index is 12.0. The maximum absolute atomic E-state index is 12.0. The monoisotopic (exact) mass is 312 g/mol. The van der Waals surface area contributed by atoms with E-state index in [0.29, 0.717) is 24.6 Å². The van der Waals surface area contributed by atoms with Crippen LogP contribution in [0.3, 0.4) is 0 Å². The number of ether oxygens (including phenoxy) is 2. The Morgan fingerprint density at radius 3 is 2.86 bits per heavy atom. The lowest BCUT2D eigenvalue weighted by atomic mass is 10.2. The lowest BCUT2D eigenvalue weighted by molar-refractivity contribution is 0.0958. The van der Waals surface area contributed by atoms with Crippen molar-refractivity contribution in [1.29, 1.82) is 0 Å². The SMILES string of the molecule is CCCCCCN=C(NC(=O)c1cccs1)OCCOC. The van der Waals surface area contributed by atoms with Gasteiger partial charge in [-0.2, -0.15) is 0 Å². The van der Waals surface area contributed by atoms with Crippen molar-refractivity contribution in [3.8, 4) is 0 Å². The van der Waals surface area contributed by atoms with Gasteiger partial charge in [0, 0.05) is 13.7 Å². The van der Waals surface area contributed by atoms with Crippen LogP contribution >= 0.6 is 11.3 Å². The average molecular weight is 312 g/mol. The minimum Gasteiger partial charge on any atom is -0.463 e. The van der Waals surface area contributed by atoms with Gasteiger partial charge in [0.2, 0.25) is 0 Å². The summed E-state index contributed by atoms with van der Waals surface area (Å²) in [5.74, 6) is -0.185. The van der Waals surface area contributed by atoms with E-state index < -0.39 is 0 Å². The molecule has 0 aliphatic carbocycles. The molecule has 0 spiro atoms. The summed E-state index contributed by atoms with van der Waals surface area (Å²) in [6, 6.07) is 3.89. The van der Waals surface area contributed by atoms with Crippen molar-refractivity contribution in [2.45, 2.75) is 32.6 Å². The number of rotatable bonds is 9. The van der Waals surface area contributed by atoms with E-state index in [2.05, 4.69) is 17.2 Å². The van der Waals surface area contributed by atoms with Gasteiger partial charge in [-0.3, -0.25) is 10.1 Å². The van der Waals surface area contributed by atoms with E-state index in [-0.39, 0.29) is 11.9 Å². The molecule has 1 N–H and O–H groups in total. The third-order valence-corrected chi connectivity index (χ3v) is 3.63. The zero-order chi connectivity index (χ0) is 15.3. The number of amidine groups is 1. The number of hydrogen-bond donors (Lipinski definition) is 1. The van der Waals surface area contributed by atoms with Gasteiger partial charge in [-0.1, -0.05) is 32.3 Å². The lowest BCUT2D eigenvalue weighted by Crippen LogP contribution is -2.33. The molecule has 118 valence electrons. The predicted octanol–water partition coefficient (Wildman–Crippen LogP) is 3.08. The molecule has 0 saturated carbocycles. The van der Waals surface area contributed by atoms with Gasteiger partial charge >= 0.3 is 0 Å². The van der Waals surface area contributed by atoms with Crippen LogP contribution in [0.4, 0.5) is 0 Å². The summed E-state index contributed by atoms with van der Waals surface area (Å²) >= 11 is 1.39. The summed E-state index contributed by atoms with van der Waals surface area (Å²) in [7, 11) is 1.61. The van der Waals surface area contributed by atoms with Crippen molar-refractivity contribution >= 4 is 23.3 Å². The number of methoxy groups -OCH3 is 1. The summed E-state index contributed by atoms with van der Waals surface area (Å²) in [5, 5.41) is 4.58. The molecule has 1 rings (SSSR count). The first kappa shape index (κ1) is 17.7. The Morgan fingerprint density at radius 1 is 1.33 bits per heavy atom. The number of unbranched alkanes of at least 4 members (excludes halogenated alkanes) is 3. The van der Waals surface area contributed by atoms with Gasteiger partial charge < -0.3 is 9.47 Å². The molecule has 0 radical (unpaired) electrons. The quantitative estimate of drug-likeness (QED) is 0.433. The van der Waals surface area contributed by atoms with E-state index in [4.69, 9.17) is 9.47 Å². The fourth-order valence-electron chi connectivity index (χ4n) is 1.63. The van der Waals surface area contributed by atoms with Crippen molar-refractivity contribution in [1.82, 2.24) is 5.32 Å². The summed E-state index contributed by atoms with van der Waals surface area (Å²) in [6.45, 7) is 3.66. The predicted molar refractivity (Wildman–Crippen MR) is 86.1 cm³/mol. The third kappa shape index (κ3) is 7.82. The van der Waals surface area contributed by atoms with E-state index in [1.54, 1.807) is 13.2 Å². The van der Waals surface area contributed by atoms with Crippen LogP contribution in [-0.2, 0) is 9.47 Å². The fourth-order valence-corrected chi connectivity index (χ4v) is 2.25. The molecule has 6 heteroatoms. The van der Waals surface area contributed by atoms with Crippen molar-refractivity contribution in [2.24, 2.45) is 4.99 Å². The molecular formula is C15H24N2O3S. The molecular weight excluding hydrogens is 288 g/mol. The Hall–Kier alpha value is -1.40. The summed E-state index contributed by atoms with van der Waals surface area (Å²) in [5.41, 5.74) is 0. The van der Waals surface area contributed by atoms with Crippen LogP contribution in [0.2, 0.25) is 0 Å². The van der Waals surface area contributed by atoms with Gasteiger partial charge in [-0.15, -0.1) is 11.3 Å². The highest BCUT2D eigenvalue weighted by Gasteiger charge is 2.10. The minimum atomic E-state index is -0.185. The molecule has 0 unspecified atom stereocenters. The zero-order valence-corrected chi connectivity index (χ0v) is 13.6. The molecule has 0 saturated heterocycles. The van der Waals surface area contributed by atoms with Crippen molar-refractivity contribution < 1.29 is 14.3 Å². The van der Waals surface area contributed by atoms with E-state index in [9.17, 15) is 4.79 Å². The molecule has 0 aliphatic rings. The maximum Gasteiger partial charge on any atom is 0.291 e. The van der Waals surface area contributed by atoms with Crippen LogP contribution < -0.4 is 5.32 Å². The molecule has 0 aliphatic heterocycles. The molecule has 1 aromatic rings. The van der Waals surface area contributed by atoms with Crippen molar-refractivity contribution in [3.63, 3.8) is 0 Å². The standard InChI is InChI=1S/C15H24N2O3S/c1-3-4-5-6-9-16-15(20-11-10-19-2)17-14(18)13-8-7-12-21-13/h7-8,12H,3-6,9-11H2,1-2H3,(H,16,17,18). The van der Waals surface area contributed by atoms with E-state index in [1.807, 2.05) is 11.4 Å². The van der Waals surface area contributed by atoms with E-state index in [0.717, 1.165) is 12.8 Å². The van der Waals surface area contributed by atoms with Crippen molar-refractivity contribution in [2.75, 3.05) is 26.9 Å². The number of aliphatic imine (C=N–C) groups is 1. The van der Waals surface area contributed by atoms with Gasteiger partial charge in [0.05, 0.1) is 11.5 Å². The molecule has 0 bridgehead atoms. The smallest absolute Gasteiger partial charge is 0.291 e. The summed E-state index contributed by atoms with van der Waals surface area (Å²) in [6.07, 6.45) is 4.54. The van der Waals surface area contributed by atoms with Gasteiger partial charge in [0.15, 0.2) is 0 Å². The summed E-state index contributed by atoms with van der Waals surface area (Å²) in [4.78, 5) is 17.0. The van der Waals surface area contributed by atoms with Crippen LogP contribution in [0, 0.1) is 0 Å². The molecule has 1 heterocycles. The second-order valence-corrected chi connectivity index (χ2v) is 5.47. The number of nitrogens with one attached hydrogen (secondary N) is 1. The van der Waals surface area contributed by atoms with Gasteiger partial charge in [-0.05, 0) is 17.9 Å². The van der Waals surface area contributed by atoms with Crippen LogP contribution in [0.1, 0.15) is 42.3 Å². The van der Waals surface area contributed by atoms with E-state index in [1.165, 1.54) is 24.2 Å². The topological polar surface area (TPSA) is 59.9 Å². The molecule has 21 heavy (non-hydrogen) atoms. The number of nitrogens with zero attached hydrogens (tertiary/aromatic N) is 1. The van der Waals surface area contributed by atoms with Gasteiger partial charge in [0.25, 0.3) is 11.9 Å². The second-order valence-electron chi connectivity index (χ2n) is 4.52. The Labute approximate surface area is 130 Å². The Morgan fingerprint density at radius 2 is 2.19 bits per heavy atom. The van der Waals surface area contributed by atoms with Crippen LogP contribution in [0.25, 0.3) is 0 Å². The Balaban J connectivity index is 2.46. The third-order valence-electron chi connectivity index (χ3n) is 2.76. The number of hydrogen-bond acceptors (Lipinski definition) is 5. The number of carbonyl (C=O) groups excluding carboxylic acids is 1. The van der Waals surface area contributed by atoms with Crippen LogP contribution in [-0.4, -0.2) is 38.8 Å². The molecule has 1 aromatic heterocycles. The van der Waals surface area contributed by atoms with Gasteiger partial charge in [0.1, 0.15) is 6.61 Å². The average Bonchev–Trinajstić information content (AvgIpc) is 3.01. The minimum absolute atomic E-state index is 0.185. The molecule has 0 atom stereocenters. The van der Waals surface area contributed by atoms with E-state index >= 15 is 0 Å². The highest BCUT2D eigenvalue weighted by atomic mass is 32.1. The summed E-state index contributed by atoms with van der Waals surface area (Å²) < 4.78 is 10.4. The molecule has 5 nitrogen and oxygen atoms in total. The second kappa shape index (κ2) is 11.3. The highest BCUT2D eigenvalue weighted by Crippen LogP contribution is 2.07. The number of thiophene rings is 1. The number of carbonyl (C=O) groups is 1. The lowest BCUT2D eigenvalue weighted by Gasteiger charge is -2.10. The zero-order valence-electron chi connectivity index (χ0n) is 12.8. The number of amides is 1. The largest absolute Gasteiger partial charge is 0.463 e. The van der Waals surface area contributed by atoms with Crippen molar-refractivity contribution in [3.05, 3.63) is 22.4 Å². The van der Waals surface area contributed by atoms with Gasteiger partial charge in [-0.25, -0.2) is 4.99 Å². The first-order valence-corrected chi connectivity index (χ1v) is 8.17. The highest BCUT2D eigenvalue weighted by molar-refractivity contribution is 7.12. The molecule has 0 fully saturated rings. The normalized spacial score (nSPS) is 11.4. The Bertz CT molecular complexity index is 419.